The summed E-state index contributed by atoms with van der Waals surface area (Å²) < 4.78 is 0. The van der Waals surface area contributed by atoms with Crippen molar-refractivity contribution in [1.82, 2.24) is 0 Å². The van der Waals surface area contributed by atoms with Gasteiger partial charge in [-0.2, -0.15) is 0 Å². The Morgan fingerprint density at radius 3 is 1.47 bits per heavy atom. The SMILES string of the molecule is CC1(C)c2cc(-c3ccc4ccccc4c3)ccc2-c2ccc(-c3ccc4ccc(-c5cc6cccc7ccc8cccc5c8c76)cc4c3)cc21. The Kier molecular flexibility index (Phi) is 5.82. The van der Waals surface area contributed by atoms with Crippen molar-refractivity contribution in [3.05, 3.63) is 181 Å². The second kappa shape index (κ2) is 10.4. The van der Waals surface area contributed by atoms with Gasteiger partial charge in [0.1, 0.15) is 0 Å². The number of hydrogen-bond donors (Lipinski definition) is 0. The Labute approximate surface area is 297 Å². The predicted molar refractivity (Wildman–Crippen MR) is 219 cm³/mol. The minimum Gasteiger partial charge on any atom is -0.0616 e. The van der Waals surface area contributed by atoms with E-state index >= 15 is 0 Å². The first kappa shape index (κ1) is 28.6. The molecule has 0 amide bonds. The molecule has 0 unspecified atom stereocenters. The normalized spacial score (nSPS) is 13.5. The van der Waals surface area contributed by atoms with E-state index in [1.807, 2.05) is 0 Å². The minimum absolute atomic E-state index is 0.106. The fraction of sp³-hybridized carbons (Fsp3) is 0.0588. The largest absolute Gasteiger partial charge is 0.0616 e. The van der Waals surface area contributed by atoms with E-state index in [4.69, 9.17) is 0 Å². The molecule has 0 bridgehead atoms. The van der Waals surface area contributed by atoms with Crippen molar-refractivity contribution in [2.45, 2.75) is 19.3 Å². The molecule has 51 heavy (non-hydrogen) atoms. The Morgan fingerprint density at radius 1 is 0.294 bits per heavy atom. The zero-order chi connectivity index (χ0) is 33.8. The molecule has 10 aromatic carbocycles. The van der Waals surface area contributed by atoms with Gasteiger partial charge in [0, 0.05) is 5.41 Å². The van der Waals surface area contributed by atoms with Crippen molar-refractivity contribution >= 4 is 53.9 Å². The molecule has 238 valence electrons. The Balaban J connectivity index is 0.993. The van der Waals surface area contributed by atoms with E-state index in [0.29, 0.717) is 0 Å². The third kappa shape index (κ3) is 4.20. The lowest BCUT2D eigenvalue weighted by Gasteiger charge is -2.23. The fourth-order valence-electron chi connectivity index (χ4n) is 9.06. The number of hydrogen-bond acceptors (Lipinski definition) is 0. The smallest absolute Gasteiger partial charge is 0.0159 e. The Hall–Kier alpha value is -6.24. The topological polar surface area (TPSA) is 0 Å². The molecule has 0 heteroatoms. The van der Waals surface area contributed by atoms with Crippen LogP contribution in [0.25, 0.3) is 98.4 Å². The van der Waals surface area contributed by atoms with E-state index in [9.17, 15) is 0 Å². The summed E-state index contributed by atoms with van der Waals surface area (Å²) in [5, 5.41) is 13.0. The van der Waals surface area contributed by atoms with Crippen LogP contribution >= 0.6 is 0 Å². The second-order valence-electron chi connectivity index (χ2n) is 15.0. The summed E-state index contributed by atoms with van der Waals surface area (Å²) in [5.41, 5.74) is 13.0. The summed E-state index contributed by atoms with van der Waals surface area (Å²) in [5.74, 6) is 0. The van der Waals surface area contributed by atoms with E-state index in [1.165, 1.54) is 109 Å². The highest BCUT2D eigenvalue weighted by Crippen LogP contribution is 2.51. The molecule has 0 heterocycles. The van der Waals surface area contributed by atoms with E-state index in [0.717, 1.165) is 0 Å². The minimum atomic E-state index is -0.106. The lowest BCUT2D eigenvalue weighted by Crippen LogP contribution is -2.15. The van der Waals surface area contributed by atoms with E-state index in [1.54, 1.807) is 0 Å². The molecule has 0 aliphatic heterocycles. The number of benzene rings is 10. The van der Waals surface area contributed by atoms with Crippen LogP contribution in [0.2, 0.25) is 0 Å². The maximum atomic E-state index is 2.44. The van der Waals surface area contributed by atoms with Gasteiger partial charge >= 0.3 is 0 Å². The molecular formula is C51H34. The molecule has 0 nitrogen and oxygen atoms in total. The molecule has 0 spiro atoms. The van der Waals surface area contributed by atoms with Crippen LogP contribution in [0.4, 0.5) is 0 Å². The lowest BCUT2D eigenvalue weighted by molar-refractivity contribution is 0.661. The molecule has 0 saturated carbocycles. The van der Waals surface area contributed by atoms with Gasteiger partial charge in [0.15, 0.2) is 0 Å². The third-order valence-electron chi connectivity index (χ3n) is 11.8. The number of rotatable bonds is 3. The highest BCUT2D eigenvalue weighted by Gasteiger charge is 2.36. The molecule has 1 aliphatic carbocycles. The van der Waals surface area contributed by atoms with Crippen LogP contribution in [0, 0.1) is 0 Å². The first-order valence-electron chi connectivity index (χ1n) is 18.0. The van der Waals surface area contributed by atoms with Crippen molar-refractivity contribution in [2.75, 3.05) is 0 Å². The summed E-state index contributed by atoms with van der Waals surface area (Å²) in [6.07, 6.45) is 0. The molecule has 11 rings (SSSR count). The standard InChI is InChI=1S/C51H34/c1-51(2)47-29-38(36-18-13-31-7-3-4-8-35(31)25-36)21-23-43(47)44-24-22-39(30-48(44)51)37-19-14-32-15-20-40(27-42(32)26-37)46-28-41-11-5-9-33-16-17-34-10-6-12-45(46)50(34)49(33)41/h3-30H,1-2H3. The fourth-order valence-corrected chi connectivity index (χ4v) is 9.06. The van der Waals surface area contributed by atoms with Crippen molar-refractivity contribution in [3.8, 4) is 44.5 Å². The van der Waals surface area contributed by atoms with Crippen molar-refractivity contribution in [3.63, 3.8) is 0 Å². The van der Waals surface area contributed by atoms with Crippen molar-refractivity contribution < 1.29 is 0 Å². The summed E-state index contributed by atoms with van der Waals surface area (Å²) in [4.78, 5) is 0. The summed E-state index contributed by atoms with van der Waals surface area (Å²) in [7, 11) is 0. The first-order valence-corrected chi connectivity index (χ1v) is 18.0. The average Bonchev–Trinajstić information content (AvgIpc) is 3.41. The molecule has 0 saturated heterocycles. The van der Waals surface area contributed by atoms with Gasteiger partial charge in [-0.1, -0.05) is 147 Å². The average molecular weight is 647 g/mol. The summed E-state index contributed by atoms with van der Waals surface area (Å²) in [6, 6.07) is 63.8. The molecule has 1 aliphatic rings. The van der Waals surface area contributed by atoms with Gasteiger partial charge < -0.3 is 0 Å². The van der Waals surface area contributed by atoms with Gasteiger partial charge in [-0.25, -0.2) is 0 Å². The molecule has 0 aromatic heterocycles. The highest BCUT2D eigenvalue weighted by molar-refractivity contribution is 6.26. The molecule has 0 fully saturated rings. The Morgan fingerprint density at radius 2 is 0.765 bits per heavy atom. The molecule has 10 aromatic rings. The monoisotopic (exact) mass is 646 g/mol. The van der Waals surface area contributed by atoms with E-state index in [-0.39, 0.29) is 5.41 Å². The first-order chi connectivity index (χ1) is 25.0. The van der Waals surface area contributed by atoms with Crippen LogP contribution in [0.1, 0.15) is 25.0 Å². The summed E-state index contributed by atoms with van der Waals surface area (Å²) >= 11 is 0. The Bertz CT molecular complexity index is 3050. The highest BCUT2D eigenvalue weighted by atomic mass is 14.4. The second-order valence-corrected chi connectivity index (χ2v) is 15.0. The quantitative estimate of drug-likeness (QED) is 0.168. The number of fused-ring (bicyclic) bond motifs is 5. The van der Waals surface area contributed by atoms with Gasteiger partial charge in [0.05, 0.1) is 0 Å². The predicted octanol–water partition coefficient (Wildman–Crippen LogP) is 14.2. The lowest BCUT2D eigenvalue weighted by atomic mass is 9.80. The van der Waals surface area contributed by atoms with Gasteiger partial charge in [0.2, 0.25) is 0 Å². The van der Waals surface area contributed by atoms with Gasteiger partial charge in [0.25, 0.3) is 0 Å². The van der Waals surface area contributed by atoms with Crippen molar-refractivity contribution in [2.24, 2.45) is 0 Å². The van der Waals surface area contributed by atoms with Crippen LogP contribution in [0.3, 0.4) is 0 Å². The van der Waals surface area contributed by atoms with Crippen LogP contribution < -0.4 is 0 Å². The van der Waals surface area contributed by atoms with Crippen LogP contribution in [-0.2, 0) is 5.41 Å². The zero-order valence-corrected chi connectivity index (χ0v) is 28.7. The van der Waals surface area contributed by atoms with Crippen LogP contribution in [0.15, 0.2) is 170 Å². The van der Waals surface area contributed by atoms with Gasteiger partial charge in [-0.05, 0) is 146 Å². The van der Waals surface area contributed by atoms with Gasteiger partial charge in [-0.15, -0.1) is 0 Å². The third-order valence-corrected chi connectivity index (χ3v) is 11.8. The van der Waals surface area contributed by atoms with E-state index in [2.05, 4.69) is 184 Å². The molecule has 0 N–H and O–H groups in total. The maximum Gasteiger partial charge on any atom is 0.0159 e. The molecule has 0 radical (unpaired) electrons. The zero-order valence-electron chi connectivity index (χ0n) is 28.7. The maximum absolute atomic E-state index is 2.44. The molecular weight excluding hydrogens is 613 g/mol. The van der Waals surface area contributed by atoms with Crippen LogP contribution in [0.5, 0.6) is 0 Å². The van der Waals surface area contributed by atoms with Gasteiger partial charge in [-0.3, -0.25) is 0 Å². The van der Waals surface area contributed by atoms with Crippen LogP contribution in [-0.4, -0.2) is 0 Å². The summed E-state index contributed by atoms with van der Waals surface area (Å²) in [6.45, 7) is 4.77. The van der Waals surface area contributed by atoms with E-state index < -0.39 is 0 Å². The molecule has 0 atom stereocenters. The van der Waals surface area contributed by atoms with Crippen molar-refractivity contribution in [1.29, 1.82) is 0 Å².